The molecule has 0 bridgehead atoms. The van der Waals surface area contributed by atoms with Gasteiger partial charge in [0.1, 0.15) is 12.4 Å². The molecule has 0 fully saturated rings. The summed E-state index contributed by atoms with van der Waals surface area (Å²) < 4.78 is 10.6. The quantitative estimate of drug-likeness (QED) is 0.585. The van der Waals surface area contributed by atoms with Crippen molar-refractivity contribution in [3.8, 4) is 5.75 Å². The van der Waals surface area contributed by atoms with Crippen molar-refractivity contribution in [1.29, 1.82) is 0 Å². The van der Waals surface area contributed by atoms with Gasteiger partial charge in [-0.3, -0.25) is 4.79 Å². The van der Waals surface area contributed by atoms with Crippen LogP contribution < -0.4 is 9.64 Å². The van der Waals surface area contributed by atoms with Crippen LogP contribution in [0.4, 0.5) is 5.69 Å². The highest BCUT2D eigenvalue weighted by atomic mass is 16.5. The third-order valence-electron chi connectivity index (χ3n) is 5.33. The first kappa shape index (κ1) is 19.7. The van der Waals surface area contributed by atoms with Gasteiger partial charge in [0.05, 0.1) is 12.7 Å². The maximum atomic E-state index is 13.1. The number of carbonyl (C=O) groups is 2. The fourth-order valence-electron chi connectivity index (χ4n) is 3.70. The summed E-state index contributed by atoms with van der Waals surface area (Å²) >= 11 is 0. The van der Waals surface area contributed by atoms with Crippen molar-refractivity contribution in [2.24, 2.45) is 0 Å². The number of carbonyl (C=O) groups excluding carboxylic acids is 2. The van der Waals surface area contributed by atoms with Gasteiger partial charge in [0.2, 0.25) is 0 Å². The zero-order valence-corrected chi connectivity index (χ0v) is 17.1. The van der Waals surface area contributed by atoms with Gasteiger partial charge in [-0.1, -0.05) is 36.4 Å². The number of rotatable bonds is 5. The number of esters is 1. The molecule has 4 rings (SSSR count). The van der Waals surface area contributed by atoms with E-state index < -0.39 is 5.97 Å². The Labute approximate surface area is 175 Å². The monoisotopic (exact) mass is 401 g/mol. The Kier molecular flexibility index (Phi) is 5.53. The fourth-order valence-corrected chi connectivity index (χ4v) is 3.70. The lowest BCUT2D eigenvalue weighted by molar-refractivity contribution is 0.0472. The molecule has 0 aromatic heterocycles. The lowest BCUT2D eigenvalue weighted by Gasteiger charge is -2.22. The molecule has 1 aliphatic rings. The summed E-state index contributed by atoms with van der Waals surface area (Å²) in [5.74, 6) is 0.288. The normalized spacial score (nSPS) is 12.6. The van der Waals surface area contributed by atoms with E-state index >= 15 is 0 Å². The van der Waals surface area contributed by atoms with Crippen LogP contribution in [0.15, 0.2) is 66.7 Å². The number of nitrogens with zero attached hydrogens (tertiary/aromatic N) is 1. The Bertz CT molecular complexity index is 1090. The zero-order chi connectivity index (χ0) is 21.1. The molecule has 0 aliphatic carbocycles. The van der Waals surface area contributed by atoms with Crippen LogP contribution in [0.25, 0.3) is 0 Å². The average Bonchev–Trinajstić information content (AvgIpc) is 2.91. The van der Waals surface area contributed by atoms with Gasteiger partial charge in [0, 0.05) is 24.2 Å². The molecule has 1 amide bonds. The van der Waals surface area contributed by atoms with Crippen molar-refractivity contribution in [2.75, 3.05) is 18.6 Å². The van der Waals surface area contributed by atoms with Crippen LogP contribution in [0.1, 0.15) is 44.3 Å². The Morgan fingerprint density at radius 1 is 1.00 bits per heavy atom. The van der Waals surface area contributed by atoms with E-state index in [0.29, 0.717) is 24.1 Å². The molecule has 152 valence electrons. The van der Waals surface area contributed by atoms with Crippen LogP contribution in [0.2, 0.25) is 0 Å². The molecule has 3 aromatic carbocycles. The first-order chi connectivity index (χ1) is 14.6. The van der Waals surface area contributed by atoms with Crippen LogP contribution in [-0.4, -0.2) is 25.5 Å². The minimum atomic E-state index is -0.418. The lowest BCUT2D eigenvalue weighted by atomic mass is 9.99. The van der Waals surface area contributed by atoms with Crippen molar-refractivity contribution in [1.82, 2.24) is 0 Å². The maximum absolute atomic E-state index is 13.1. The van der Waals surface area contributed by atoms with Gasteiger partial charge >= 0.3 is 5.97 Å². The van der Waals surface area contributed by atoms with Crippen LogP contribution in [0, 0.1) is 0 Å². The summed E-state index contributed by atoms with van der Waals surface area (Å²) in [6.07, 6.45) is 0.648. The van der Waals surface area contributed by atoms with Crippen LogP contribution in [0.3, 0.4) is 0 Å². The number of anilines is 1. The second-order valence-electron chi connectivity index (χ2n) is 7.15. The van der Waals surface area contributed by atoms with E-state index in [1.807, 2.05) is 61.5 Å². The number of fused-ring (bicyclic) bond motifs is 2. The predicted molar refractivity (Wildman–Crippen MR) is 115 cm³/mol. The van der Waals surface area contributed by atoms with Crippen molar-refractivity contribution in [3.63, 3.8) is 0 Å². The van der Waals surface area contributed by atoms with E-state index in [4.69, 9.17) is 9.47 Å². The van der Waals surface area contributed by atoms with E-state index in [-0.39, 0.29) is 12.5 Å². The lowest BCUT2D eigenvalue weighted by Crippen LogP contribution is -2.30. The molecule has 1 heterocycles. The Balaban J connectivity index is 1.57. The Morgan fingerprint density at radius 3 is 2.50 bits per heavy atom. The second kappa shape index (κ2) is 8.41. The van der Waals surface area contributed by atoms with E-state index in [2.05, 4.69) is 0 Å². The molecule has 30 heavy (non-hydrogen) atoms. The number of benzene rings is 3. The molecule has 3 aromatic rings. The van der Waals surface area contributed by atoms with E-state index in [1.54, 1.807) is 24.1 Å². The van der Waals surface area contributed by atoms with Crippen molar-refractivity contribution >= 4 is 17.6 Å². The highest BCUT2D eigenvalue weighted by molar-refractivity contribution is 6.09. The topological polar surface area (TPSA) is 55.8 Å². The summed E-state index contributed by atoms with van der Waals surface area (Å²) in [5, 5.41) is 0. The molecule has 0 N–H and O–H groups in total. The third-order valence-corrected chi connectivity index (χ3v) is 5.33. The number of methoxy groups -OCH3 is 1. The Morgan fingerprint density at radius 2 is 1.77 bits per heavy atom. The standard InChI is InChI=1S/C25H23NO4/c1-3-26-23-15-20(25(28)30-16-17-8-12-21(29-2)13-9-17)11-10-19(23)14-18-6-4-5-7-22(18)24(26)27/h4-13,15H,3,14,16H2,1-2H3. The van der Waals surface area contributed by atoms with Gasteiger partial charge in [-0.05, 0) is 53.9 Å². The molecular weight excluding hydrogens is 378 g/mol. The van der Waals surface area contributed by atoms with Gasteiger partial charge < -0.3 is 14.4 Å². The molecule has 0 radical (unpaired) electrons. The predicted octanol–water partition coefficient (Wildman–Crippen LogP) is 4.62. The van der Waals surface area contributed by atoms with Gasteiger partial charge in [0.25, 0.3) is 5.91 Å². The second-order valence-corrected chi connectivity index (χ2v) is 7.15. The van der Waals surface area contributed by atoms with Gasteiger partial charge in [-0.25, -0.2) is 4.79 Å². The molecule has 5 nitrogen and oxygen atoms in total. The van der Waals surface area contributed by atoms with Gasteiger partial charge in [-0.2, -0.15) is 0 Å². The van der Waals surface area contributed by atoms with Gasteiger partial charge in [0.15, 0.2) is 0 Å². The van der Waals surface area contributed by atoms with Crippen molar-refractivity contribution in [2.45, 2.75) is 20.0 Å². The molecule has 5 heteroatoms. The molecular formula is C25H23NO4. The molecule has 0 unspecified atom stereocenters. The van der Waals surface area contributed by atoms with Crippen molar-refractivity contribution in [3.05, 3.63) is 94.5 Å². The summed E-state index contributed by atoms with van der Waals surface area (Å²) in [4.78, 5) is 27.5. The number of amides is 1. The van der Waals surface area contributed by atoms with Gasteiger partial charge in [-0.15, -0.1) is 0 Å². The first-order valence-corrected chi connectivity index (χ1v) is 9.93. The summed E-state index contributed by atoms with van der Waals surface area (Å²) in [6.45, 7) is 2.62. The first-order valence-electron chi connectivity index (χ1n) is 9.93. The highest BCUT2D eigenvalue weighted by Crippen LogP contribution is 2.31. The molecule has 0 saturated carbocycles. The highest BCUT2D eigenvalue weighted by Gasteiger charge is 2.26. The van der Waals surface area contributed by atoms with Crippen LogP contribution >= 0.6 is 0 Å². The summed E-state index contributed by atoms with van der Waals surface area (Å²) in [6, 6.07) is 20.5. The largest absolute Gasteiger partial charge is 0.497 e. The molecule has 1 aliphatic heterocycles. The molecule has 0 spiro atoms. The number of hydrogen-bond acceptors (Lipinski definition) is 4. The van der Waals surface area contributed by atoms with E-state index in [1.165, 1.54) is 0 Å². The number of ether oxygens (including phenoxy) is 2. The zero-order valence-electron chi connectivity index (χ0n) is 17.1. The minimum Gasteiger partial charge on any atom is -0.497 e. The fraction of sp³-hybridized carbons (Fsp3) is 0.200. The maximum Gasteiger partial charge on any atom is 0.338 e. The van der Waals surface area contributed by atoms with E-state index in [0.717, 1.165) is 28.1 Å². The smallest absolute Gasteiger partial charge is 0.338 e. The average molecular weight is 401 g/mol. The summed E-state index contributed by atoms with van der Waals surface area (Å²) in [7, 11) is 1.61. The molecule has 0 atom stereocenters. The SMILES string of the molecule is CCN1C(=O)c2ccccc2Cc2ccc(C(=O)OCc3ccc(OC)cc3)cc21. The van der Waals surface area contributed by atoms with Crippen molar-refractivity contribution < 1.29 is 19.1 Å². The summed E-state index contributed by atoms with van der Waals surface area (Å²) in [5.41, 5.74) is 4.78. The third kappa shape index (κ3) is 3.79. The van der Waals surface area contributed by atoms with Crippen LogP contribution in [0.5, 0.6) is 5.75 Å². The number of hydrogen-bond donors (Lipinski definition) is 0. The molecule has 0 saturated heterocycles. The van der Waals surface area contributed by atoms with E-state index in [9.17, 15) is 9.59 Å². The minimum absolute atomic E-state index is 0.0457. The van der Waals surface area contributed by atoms with Crippen LogP contribution in [-0.2, 0) is 17.8 Å². The Hall–Kier alpha value is -3.60.